The average Bonchev–Trinajstić information content (AvgIpc) is 0.677. The SMILES string of the molecule is C.C.C.CC(=O)C[C@]1(C)CC[C@]2(C)CC[C@]3(C)C4=CC(SC(=O)c5ccccc5)c5c(cc(O)c(O)c5C)[C@]4(C)CC[C@@]3(C)[C@@H]2C1.CC(=O)C[C@]1(C)CC[C@]2(C)CC[C@]3(C)C4=CC(SC(=O)c5ccccc5)c5c(cc(OC(C)=O)c(OC(C)=O)c5C)[C@]4(C)CC[C@@]3(C)[C@@H]2C1.CC(=O)C[C@]1(C)CC[C@]2(C)CC[C@]3(C)C4=CC=C5C(=CC(=O)C(O)=C5C)[C@]4(C)CC[C@@]3(C)[C@@H]2C1.CC(=O)OC(C)=O.CO.O=C(S)c1ccccc1. The fourth-order valence-corrected chi connectivity index (χ4v) is 33.7. The number of aliphatic hydroxyl groups excluding tert-OH is 2. The van der Waals surface area contributed by atoms with Crippen molar-refractivity contribution in [3.05, 3.63) is 223 Å². The Morgan fingerprint density at radius 2 is 0.741 bits per heavy atom. The van der Waals surface area contributed by atoms with Crippen LogP contribution < -0.4 is 9.47 Å². The molecule has 0 heterocycles. The van der Waals surface area contributed by atoms with Crippen LogP contribution in [0.4, 0.5) is 0 Å². The summed E-state index contributed by atoms with van der Waals surface area (Å²) in [7, 11) is 1.00. The predicted octanol–water partition coefficient (Wildman–Crippen LogP) is 30.6. The molecule has 0 aliphatic heterocycles. The first-order valence-corrected chi connectivity index (χ1v) is 54.3. The van der Waals surface area contributed by atoms with E-state index < -0.39 is 29.3 Å². The highest BCUT2D eigenvalue weighted by molar-refractivity contribution is 8.14. The lowest BCUT2D eigenvalue weighted by Gasteiger charge is -2.70. The van der Waals surface area contributed by atoms with E-state index in [4.69, 9.17) is 14.6 Å². The number of carbonyl (C=O) groups excluding carboxylic acids is 11. The van der Waals surface area contributed by atoms with Gasteiger partial charge in [0.15, 0.2) is 28.8 Å². The molecule has 5 aromatic rings. The third-order valence-corrected chi connectivity index (χ3v) is 42.0. The first-order valence-electron chi connectivity index (χ1n) is 52.1. The lowest BCUT2D eigenvalue weighted by atomic mass is 9.34. The van der Waals surface area contributed by atoms with Crippen molar-refractivity contribution in [2.45, 2.75) is 371 Å². The van der Waals surface area contributed by atoms with Gasteiger partial charge in [-0.25, -0.2) is 0 Å². The van der Waals surface area contributed by atoms with Gasteiger partial charge < -0.3 is 49.0 Å². The second kappa shape index (κ2) is 43.8. The molecular weight excluding hydrogens is 1900 g/mol. The average molecular weight is 2070 g/mol. The molecule has 18 rings (SSSR count). The van der Waals surface area contributed by atoms with Crippen molar-refractivity contribution in [2.75, 3.05) is 7.11 Å². The van der Waals surface area contributed by atoms with Gasteiger partial charge in [-0.05, 0) is 316 Å². The minimum absolute atomic E-state index is 0. The van der Waals surface area contributed by atoms with E-state index in [0.717, 1.165) is 150 Å². The maximum Gasteiger partial charge on any atom is 0.310 e. The molecule has 5 aromatic carbocycles. The molecule has 0 aromatic heterocycles. The van der Waals surface area contributed by atoms with E-state index in [1.54, 1.807) is 45.0 Å². The summed E-state index contributed by atoms with van der Waals surface area (Å²) in [4.78, 5) is 132. The minimum atomic E-state index is -0.562. The van der Waals surface area contributed by atoms with Crippen LogP contribution >= 0.6 is 36.2 Å². The summed E-state index contributed by atoms with van der Waals surface area (Å²) in [5, 5.41) is 38.3. The number of ketones is 4. The van der Waals surface area contributed by atoms with Crippen molar-refractivity contribution in [1.82, 2.24) is 0 Å². The molecule has 20 atom stereocenters. The minimum Gasteiger partial charge on any atom is -0.504 e. The first-order chi connectivity index (χ1) is 67.0. The highest BCUT2D eigenvalue weighted by Gasteiger charge is 2.71. The molecule has 9 saturated carbocycles. The highest BCUT2D eigenvalue weighted by atomic mass is 32.2. The number of allylic oxidation sites excluding steroid dienone is 9. The van der Waals surface area contributed by atoms with Gasteiger partial charge in [-0.15, -0.1) is 12.6 Å². The summed E-state index contributed by atoms with van der Waals surface area (Å²) >= 11 is 6.27. The van der Waals surface area contributed by atoms with E-state index in [0.29, 0.717) is 87.4 Å². The molecule has 0 saturated heterocycles. The Balaban J connectivity index is 0.000000208. The van der Waals surface area contributed by atoms with Crippen LogP contribution in [0.25, 0.3) is 0 Å². The number of thioether (sulfide) groups is 2. The molecule has 13 aliphatic carbocycles. The number of thiol groups is 1. The highest BCUT2D eigenvalue weighted by Crippen LogP contribution is 2.80. The summed E-state index contributed by atoms with van der Waals surface area (Å²) in [6.45, 7) is 52.5. The van der Waals surface area contributed by atoms with Gasteiger partial charge in [0.05, 0.1) is 10.5 Å². The summed E-state index contributed by atoms with van der Waals surface area (Å²) < 4.78 is 15.5. The van der Waals surface area contributed by atoms with E-state index in [2.05, 4.69) is 146 Å². The smallest absolute Gasteiger partial charge is 0.310 e. The Hall–Kier alpha value is -9.28. The Labute approximate surface area is 891 Å². The molecular formula is C126H170O18S3. The first kappa shape index (κ1) is 120. The third kappa shape index (κ3) is 21.8. The van der Waals surface area contributed by atoms with Crippen LogP contribution in [0.5, 0.6) is 23.0 Å². The van der Waals surface area contributed by atoms with Gasteiger partial charge in [-0.2, -0.15) is 0 Å². The number of carbonyl (C=O) groups is 11. The van der Waals surface area contributed by atoms with Crippen LogP contribution in [-0.2, 0) is 53.9 Å². The topological polar surface area (TPSA) is 296 Å². The second-order valence-electron chi connectivity index (χ2n) is 49.2. The number of benzene rings is 5. The number of phenols is 2. The standard InChI is InChI=1S/C42H52O6S.C38H48O4S.C31H42O3.C7H6OS.C4H6O3.CH4O.3CH4/c1-25(43)23-38(5)15-16-39(6)17-19-41(8)33-22-32(49-37(46)29-13-11-10-12-14-29)35-26(2)36(48-28(4)45)31(47-27(3)44)21-30(35)40(33,7)18-20-42(41,9)34(39)24-38;1-23(39)21-34(3)13-14-35(4)15-17-37(6)29-20-28(43-33(42)25-11-9-8-10-12-25)31-24(2)32(41)27(40)19-26(31)36(29,5)16-18-38(37,7)30(35)22-34;1-19(32)17-27(3)10-11-28(4)12-14-30(6)24-9-8-21-20(2)26(34)23(33)16-22(21)29(24,5)13-15-31(30,7)25(28)18-27;8-7(9)6-4-2-1-3-5-6;1-3(5)7-4(2)6;1-2;;;/h10-14,21-22,32,34H,15-20,23-24H2,1-9H3;8-12,19-20,28,30,40-41H,13-18,21-22H2,1-7H3;8-9,16,25,34H,10-15,17-18H2,1-7H3;1-5H,(H,8,9);1-2H3;2H,1H3;3*1H4/t32?,34-,38+,39-,40+,41-,42+;28?,30-,34+,35-,36+,37-,38+;25-,27+,28-,29+,30-,31+;;;;;;/m111....../s1. The molecule has 18 nitrogen and oxygen atoms in total. The predicted molar refractivity (Wildman–Crippen MR) is 595 cm³/mol. The largest absolute Gasteiger partial charge is 0.504 e. The van der Waals surface area contributed by atoms with Crippen LogP contribution in [0.3, 0.4) is 0 Å². The van der Waals surface area contributed by atoms with Crippen LogP contribution in [-0.4, -0.2) is 89.9 Å². The summed E-state index contributed by atoms with van der Waals surface area (Å²) in [5.74, 6) is 0.214. The van der Waals surface area contributed by atoms with E-state index in [-0.39, 0.29) is 159 Å². The number of aliphatic hydroxyl groups is 2. The number of ether oxygens (including phenoxy) is 3. The van der Waals surface area contributed by atoms with E-state index in [1.807, 2.05) is 106 Å². The number of hydrogen-bond donors (Lipinski definition) is 5. The number of rotatable bonds is 13. The van der Waals surface area contributed by atoms with E-state index >= 15 is 0 Å². The fourth-order valence-electron chi connectivity index (χ4n) is 31.3. The lowest BCUT2D eigenvalue weighted by molar-refractivity contribution is -0.163. The molecule has 0 spiro atoms. The van der Waals surface area contributed by atoms with Crippen molar-refractivity contribution in [2.24, 2.45) is 88.1 Å². The summed E-state index contributed by atoms with van der Waals surface area (Å²) in [5.41, 5.74) is 14.4. The third-order valence-electron chi connectivity index (χ3n) is 39.6. The number of esters is 4. The molecule has 0 radical (unpaired) electrons. The summed E-state index contributed by atoms with van der Waals surface area (Å²) in [6.07, 6.45) is 36.0. The Morgan fingerprint density at radius 3 is 1.08 bits per heavy atom. The van der Waals surface area contributed by atoms with E-state index in [1.165, 1.54) is 93.6 Å². The molecule has 9 fully saturated rings. The lowest BCUT2D eigenvalue weighted by Crippen LogP contribution is -2.62. The fraction of sp³-hybridized carbons (Fsp3) is 0.579. The number of fused-ring (bicyclic) bond motifs is 21. The summed E-state index contributed by atoms with van der Waals surface area (Å²) in [6, 6.07) is 31.4. The van der Waals surface area contributed by atoms with Crippen LogP contribution in [0, 0.1) is 102 Å². The van der Waals surface area contributed by atoms with Gasteiger partial charge in [0.25, 0.3) is 0 Å². The van der Waals surface area contributed by atoms with Crippen molar-refractivity contribution in [3.8, 4) is 23.0 Å². The number of Topliss-reactive ketones (excluding diaryl/α,β-unsaturated/α-hetero) is 3. The van der Waals surface area contributed by atoms with Gasteiger partial charge >= 0.3 is 23.9 Å². The zero-order valence-corrected chi connectivity index (χ0v) is 92.9. The van der Waals surface area contributed by atoms with Crippen molar-refractivity contribution in [3.63, 3.8) is 0 Å². The molecule has 147 heavy (non-hydrogen) atoms. The molecule has 4 N–H and O–H groups in total. The van der Waals surface area contributed by atoms with Crippen molar-refractivity contribution >= 4 is 98.5 Å². The van der Waals surface area contributed by atoms with Gasteiger partial charge in [0.1, 0.15) is 17.3 Å². The molecule has 21 heteroatoms. The van der Waals surface area contributed by atoms with Gasteiger partial charge in [-0.3, -0.25) is 38.4 Å². The van der Waals surface area contributed by atoms with Gasteiger partial charge in [0.2, 0.25) is 21.1 Å². The quantitative estimate of drug-likeness (QED) is 0.0183. The van der Waals surface area contributed by atoms with Gasteiger partial charge in [-0.1, -0.05) is 282 Å². The van der Waals surface area contributed by atoms with Crippen molar-refractivity contribution in [1.29, 1.82) is 0 Å². The van der Waals surface area contributed by atoms with Crippen LogP contribution in [0.15, 0.2) is 173 Å². The molecule has 13 aliphatic rings. The maximum absolute atomic E-state index is 13.9. The Morgan fingerprint density at radius 1 is 0.401 bits per heavy atom. The zero-order valence-electron chi connectivity index (χ0n) is 90.3. The van der Waals surface area contributed by atoms with E-state index in [9.17, 15) is 68.1 Å². The number of phenolic OH excluding ortho intramolecular Hbond substituents is 2. The molecule has 800 valence electrons. The monoisotopic (exact) mass is 2070 g/mol. The normalized spacial score (nSPS) is 34.3. The molecule has 0 bridgehead atoms. The number of hydrogen-bond acceptors (Lipinski definition) is 20. The van der Waals surface area contributed by atoms with Crippen LogP contribution in [0.2, 0.25) is 0 Å². The number of aromatic hydroxyl groups is 2. The zero-order chi connectivity index (χ0) is 106. The second-order valence-corrected chi connectivity index (χ2v) is 51.8. The maximum atomic E-state index is 13.9. The Kier molecular flexibility index (Phi) is 35.7. The Bertz CT molecular complexity index is 6170. The van der Waals surface area contributed by atoms with Crippen LogP contribution in [0.1, 0.15) is 411 Å². The van der Waals surface area contributed by atoms with Gasteiger partial charge in [0, 0.05) is 98.1 Å². The van der Waals surface area contributed by atoms with Crippen molar-refractivity contribution < 1.29 is 87.4 Å². The molecule has 0 amide bonds. The molecule has 2 unspecified atom stereocenters.